The average molecular weight is 473 g/mol. The summed E-state index contributed by atoms with van der Waals surface area (Å²) < 4.78 is 13.1. The molecule has 1 atom stereocenters. The first-order valence-corrected chi connectivity index (χ1v) is 12.2. The second-order valence-electron chi connectivity index (χ2n) is 8.96. The number of hydrogen-bond acceptors (Lipinski definition) is 6. The van der Waals surface area contributed by atoms with Crippen LogP contribution < -0.4 is 9.64 Å². The average Bonchev–Trinajstić information content (AvgIpc) is 3.51. The number of aromatic nitrogens is 3. The van der Waals surface area contributed by atoms with Crippen LogP contribution in [-0.4, -0.2) is 52.6 Å². The molecule has 5 rings (SSSR count). The summed E-state index contributed by atoms with van der Waals surface area (Å²) in [7, 11) is 1.67. The topological polar surface area (TPSA) is 72.1 Å². The van der Waals surface area contributed by atoms with E-state index in [-0.39, 0.29) is 12.6 Å². The van der Waals surface area contributed by atoms with Crippen LogP contribution in [0.15, 0.2) is 54.6 Å². The number of methoxy groups -OCH3 is 1. The summed E-state index contributed by atoms with van der Waals surface area (Å²) in [6.07, 6.45) is 2.00. The fourth-order valence-electron chi connectivity index (χ4n) is 4.89. The van der Waals surface area contributed by atoms with Crippen LogP contribution in [0.25, 0.3) is 28.0 Å². The van der Waals surface area contributed by atoms with Gasteiger partial charge in [-0.25, -0.2) is 9.50 Å². The quantitative estimate of drug-likeness (QED) is 0.394. The SMILES string of the molecule is CCOCc1nn2c(-c3cccc(C)c3)cc(N3CCCC3CO)nc2c1-c1ccc(OC)cc1. The fraction of sp³-hybridized carbons (Fsp3) is 0.357. The van der Waals surface area contributed by atoms with Gasteiger partial charge in [-0.2, -0.15) is 5.10 Å². The Morgan fingerprint density at radius 2 is 1.91 bits per heavy atom. The van der Waals surface area contributed by atoms with Gasteiger partial charge in [0, 0.05) is 24.8 Å². The highest BCUT2D eigenvalue weighted by Gasteiger charge is 2.28. The summed E-state index contributed by atoms with van der Waals surface area (Å²) in [4.78, 5) is 7.37. The van der Waals surface area contributed by atoms with Crippen LogP contribution in [0.3, 0.4) is 0 Å². The third-order valence-corrected chi connectivity index (χ3v) is 6.67. The summed E-state index contributed by atoms with van der Waals surface area (Å²) >= 11 is 0. The number of anilines is 1. The zero-order valence-corrected chi connectivity index (χ0v) is 20.6. The number of nitrogens with zero attached hydrogens (tertiary/aromatic N) is 4. The van der Waals surface area contributed by atoms with Crippen LogP contribution in [0, 0.1) is 6.92 Å². The molecule has 0 aliphatic carbocycles. The molecule has 1 N–H and O–H groups in total. The Morgan fingerprint density at radius 3 is 2.63 bits per heavy atom. The fourth-order valence-corrected chi connectivity index (χ4v) is 4.89. The standard InChI is InChI=1S/C28H32N4O3/c1-4-35-18-24-27(20-10-12-23(34-3)13-11-20)28-29-26(31-14-6-9-22(31)17-33)16-25(32(28)30-24)21-8-5-7-19(2)15-21/h5,7-8,10-13,15-16,22,33H,4,6,9,14,17-18H2,1-3H3. The van der Waals surface area contributed by atoms with Gasteiger partial charge in [0.2, 0.25) is 0 Å². The Morgan fingerprint density at radius 1 is 1.09 bits per heavy atom. The summed E-state index contributed by atoms with van der Waals surface area (Å²) in [5.74, 6) is 1.66. The molecule has 1 saturated heterocycles. The number of benzene rings is 2. The number of ether oxygens (including phenoxy) is 2. The van der Waals surface area contributed by atoms with Crippen LogP contribution in [0.4, 0.5) is 5.82 Å². The second-order valence-corrected chi connectivity index (χ2v) is 8.96. The van der Waals surface area contributed by atoms with E-state index in [4.69, 9.17) is 19.6 Å². The first-order valence-electron chi connectivity index (χ1n) is 12.2. The van der Waals surface area contributed by atoms with E-state index >= 15 is 0 Å². The van der Waals surface area contributed by atoms with Gasteiger partial charge in [-0.15, -0.1) is 0 Å². The monoisotopic (exact) mass is 472 g/mol. The van der Waals surface area contributed by atoms with Crippen molar-refractivity contribution < 1.29 is 14.6 Å². The zero-order chi connectivity index (χ0) is 24.4. The first-order chi connectivity index (χ1) is 17.1. The molecule has 2 aromatic carbocycles. The molecule has 0 saturated carbocycles. The molecule has 182 valence electrons. The lowest BCUT2D eigenvalue weighted by molar-refractivity contribution is 0.131. The molecule has 0 bridgehead atoms. The van der Waals surface area contributed by atoms with Crippen molar-refractivity contribution in [3.05, 3.63) is 65.9 Å². The minimum atomic E-state index is 0.0746. The van der Waals surface area contributed by atoms with Gasteiger partial charge in [-0.05, 0) is 50.5 Å². The van der Waals surface area contributed by atoms with Gasteiger partial charge in [0.25, 0.3) is 0 Å². The largest absolute Gasteiger partial charge is 0.497 e. The highest BCUT2D eigenvalue weighted by Crippen LogP contribution is 2.35. The number of aliphatic hydroxyl groups excluding tert-OH is 1. The molecular weight excluding hydrogens is 440 g/mol. The van der Waals surface area contributed by atoms with E-state index in [1.807, 2.05) is 35.7 Å². The third kappa shape index (κ3) is 4.49. The van der Waals surface area contributed by atoms with Gasteiger partial charge < -0.3 is 19.5 Å². The maximum atomic E-state index is 10.0. The Bertz CT molecular complexity index is 1320. The lowest BCUT2D eigenvalue weighted by Gasteiger charge is -2.25. The van der Waals surface area contributed by atoms with Crippen molar-refractivity contribution in [3.63, 3.8) is 0 Å². The van der Waals surface area contributed by atoms with Gasteiger partial charge in [-0.3, -0.25) is 0 Å². The molecule has 0 spiro atoms. The molecule has 7 nitrogen and oxygen atoms in total. The Hall–Kier alpha value is -3.42. The van der Waals surface area contributed by atoms with E-state index in [0.29, 0.717) is 13.2 Å². The third-order valence-electron chi connectivity index (χ3n) is 6.67. The predicted molar refractivity (Wildman–Crippen MR) is 138 cm³/mol. The van der Waals surface area contributed by atoms with E-state index in [1.54, 1.807) is 7.11 Å². The van der Waals surface area contributed by atoms with Crippen molar-refractivity contribution >= 4 is 11.5 Å². The number of rotatable bonds is 8. The molecule has 3 heterocycles. The Labute approximate surface area is 205 Å². The van der Waals surface area contributed by atoms with E-state index in [1.165, 1.54) is 5.56 Å². The molecule has 2 aromatic heterocycles. The highest BCUT2D eigenvalue weighted by molar-refractivity contribution is 5.83. The number of hydrogen-bond donors (Lipinski definition) is 1. The zero-order valence-electron chi connectivity index (χ0n) is 20.6. The molecule has 35 heavy (non-hydrogen) atoms. The van der Waals surface area contributed by atoms with E-state index < -0.39 is 0 Å². The summed E-state index contributed by atoms with van der Waals surface area (Å²) in [6.45, 7) is 6.07. The number of aliphatic hydroxyl groups is 1. The molecule has 4 aromatic rings. The van der Waals surface area contributed by atoms with Crippen molar-refractivity contribution in [3.8, 4) is 28.1 Å². The van der Waals surface area contributed by atoms with Gasteiger partial charge in [0.1, 0.15) is 11.6 Å². The summed E-state index contributed by atoms with van der Waals surface area (Å²) in [5, 5.41) is 15.0. The van der Waals surface area contributed by atoms with E-state index in [0.717, 1.165) is 64.7 Å². The van der Waals surface area contributed by atoms with Crippen LogP contribution in [0.2, 0.25) is 0 Å². The molecule has 1 unspecified atom stereocenters. The summed E-state index contributed by atoms with van der Waals surface area (Å²) in [6, 6.07) is 18.6. The van der Waals surface area contributed by atoms with Crippen molar-refractivity contribution in [2.24, 2.45) is 0 Å². The molecular formula is C28H32N4O3. The Balaban J connectivity index is 1.78. The van der Waals surface area contributed by atoms with Gasteiger partial charge >= 0.3 is 0 Å². The number of aryl methyl sites for hydroxylation is 1. The Kier molecular flexibility index (Phi) is 6.70. The van der Waals surface area contributed by atoms with Crippen LogP contribution in [-0.2, 0) is 11.3 Å². The lowest BCUT2D eigenvalue weighted by atomic mass is 10.1. The molecule has 1 aliphatic heterocycles. The van der Waals surface area contributed by atoms with Crippen LogP contribution >= 0.6 is 0 Å². The molecule has 1 fully saturated rings. The van der Waals surface area contributed by atoms with Gasteiger partial charge in [0.15, 0.2) is 5.65 Å². The molecule has 1 aliphatic rings. The van der Waals surface area contributed by atoms with E-state index in [2.05, 4.69) is 42.2 Å². The minimum Gasteiger partial charge on any atom is -0.497 e. The maximum Gasteiger partial charge on any atom is 0.166 e. The second kappa shape index (κ2) is 10.1. The minimum absolute atomic E-state index is 0.0746. The van der Waals surface area contributed by atoms with Crippen molar-refractivity contribution in [1.29, 1.82) is 0 Å². The molecule has 7 heteroatoms. The lowest BCUT2D eigenvalue weighted by Crippen LogP contribution is -2.32. The number of fused-ring (bicyclic) bond motifs is 1. The van der Waals surface area contributed by atoms with Gasteiger partial charge in [0.05, 0.1) is 43.3 Å². The van der Waals surface area contributed by atoms with Crippen molar-refractivity contribution in [2.45, 2.75) is 39.3 Å². The van der Waals surface area contributed by atoms with Crippen LogP contribution in [0.1, 0.15) is 31.0 Å². The predicted octanol–water partition coefficient (Wildman–Crippen LogP) is 4.88. The van der Waals surface area contributed by atoms with E-state index in [9.17, 15) is 5.11 Å². The first kappa shape index (κ1) is 23.3. The normalized spacial score (nSPS) is 15.8. The van der Waals surface area contributed by atoms with Crippen molar-refractivity contribution in [1.82, 2.24) is 14.6 Å². The molecule has 0 radical (unpaired) electrons. The summed E-state index contributed by atoms with van der Waals surface area (Å²) in [5.41, 5.74) is 6.81. The van der Waals surface area contributed by atoms with Crippen LogP contribution in [0.5, 0.6) is 5.75 Å². The van der Waals surface area contributed by atoms with Gasteiger partial charge in [-0.1, -0.05) is 35.9 Å². The molecule has 0 amide bonds. The highest BCUT2D eigenvalue weighted by atomic mass is 16.5. The maximum absolute atomic E-state index is 10.0. The van der Waals surface area contributed by atoms with Crippen molar-refractivity contribution in [2.75, 3.05) is 31.8 Å². The smallest absolute Gasteiger partial charge is 0.166 e.